The fourth-order valence-corrected chi connectivity index (χ4v) is 2.75. The number of aromatic nitrogens is 1. The van der Waals surface area contributed by atoms with Crippen molar-refractivity contribution in [3.63, 3.8) is 0 Å². The zero-order chi connectivity index (χ0) is 14.8. The Hall–Kier alpha value is -2.05. The van der Waals surface area contributed by atoms with Crippen molar-refractivity contribution in [3.05, 3.63) is 30.0 Å². The van der Waals surface area contributed by atoms with Crippen LogP contribution in [0.1, 0.15) is 10.5 Å². The number of carbonyl (C=O) groups is 1. The van der Waals surface area contributed by atoms with Gasteiger partial charge in [0.25, 0.3) is 0 Å². The number of piperazine rings is 1. The predicted octanol–water partition coefficient (Wildman–Crippen LogP) is 1.64. The molecular weight excluding hydrogens is 270 g/mol. The van der Waals surface area contributed by atoms with E-state index < -0.39 is 0 Å². The molecule has 112 valence electrons. The number of rotatable bonds is 3. The molecule has 6 heteroatoms. The van der Waals surface area contributed by atoms with E-state index in [-0.39, 0.29) is 5.97 Å². The number of hydroxylamine groups is 2. The number of carbonyl (C=O) groups excluding carboxylic acids is 1. The summed E-state index contributed by atoms with van der Waals surface area (Å²) in [7, 11) is 3.09. The molecule has 0 amide bonds. The lowest BCUT2D eigenvalue weighted by Crippen LogP contribution is -2.45. The van der Waals surface area contributed by atoms with Crippen molar-refractivity contribution in [1.29, 1.82) is 0 Å². The Bertz CT molecular complexity index is 645. The molecule has 3 rings (SSSR count). The van der Waals surface area contributed by atoms with Crippen LogP contribution in [0, 0.1) is 0 Å². The summed E-state index contributed by atoms with van der Waals surface area (Å²) in [5.41, 5.74) is 2.56. The molecule has 1 saturated heterocycles. The van der Waals surface area contributed by atoms with E-state index in [2.05, 4.69) is 16.0 Å². The molecule has 1 aliphatic heterocycles. The van der Waals surface area contributed by atoms with E-state index in [1.165, 1.54) is 7.11 Å². The molecule has 2 heterocycles. The van der Waals surface area contributed by atoms with Crippen LogP contribution < -0.4 is 4.90 Å². The summed E-state index contributed by atoms with van der Waals surface area (Å²) in [5, 5.41) is 3.00. The van der Waals surface area contributed by atoms with Crippen LogP contribution in [-0.4, -0.2) is 56.4 Å². The molecule has 1 aromatic heterocycles. The number of hydrogen-bond acceptors (Lipinski definition) is 5. The SMILES string of the molecule is COC(=O)c1cc2c(N3CCN(OC)CC3)cccc2[nH]1. The van der Waals surface area contributed by atoms with Gasteiger partial charge in [-0.3, -0.25) is 0 Å². The maximum atomic E-state index is 11.7. The molecular formula is C15H19N3O3. The van der Waals surface area contributed by atoms with Crippen molar-refractivity contribution in [3.8, 4) is 0 Å². The second-order valence-corrected chi connectivity index (χ2v) is 5.01. The Morgan fingerprint density at radius 1 is 1.19 bits per heavy atom. The first kappa shape index (κ1) is 13.9. The third-order valence-electron chi connectivity index (χ3n) is 3.88. The molecule has 21 heavy (non-hydrogen) atoms. The second kappa shape index (κ2) is 5.75. The molecule has 1 aromatic carbocycles. The van der Waals surface area contributed by atoms with Gasteiger partial charge in [-0.15, -0.1) is 0 Å². The lowest BCUT2D eigenvalue weighted by molar-refractivity contribution is -0.133. The Balaban J connectivity index is 1.92. The molecule has 0 bridgehead atoms. The van der Waals surface area contributed by atoms with Gasteiger partial charge in [0.15, 0.2) is 0 Å². The topological polar surface area (TPSA) is 57.8 Å². The van der Waals surface area contributed by atoms with Crippen molar-refractivity contribution in [2.75, 3.05) is 45.3 Å². The van der Waals surface area contributed by atoms with Gasteiger partial charge < -0.3 is 19.5 Å². The minimum Gasteiger partial charge on any atom is -0.464 e. The summed E-state index contributed by atoms with van der Waals surface area (Å²) in [4.78, 5) is 22.3. The van der Waals surface area contributed by atoms with Crippen LogP contribution in [0.15, 0.2) is 24.3 Å². The maximum absolute atomic E-state index is 11.7. The number of methoxy groups -OCH3 is 1. The van der Waals surface area contributed by atoms with E-state index in [9.17, 15) is 4.79 Å². The number of nitrogens with zero attached hydrogens (tertiary/aromatic N) is 2. The van der Waals surface area contributed by atoms with Gasteiger partial charge in [-0.1, -0.05) is 6.07 Å². The first-order valence-electron chi connectivity index (χ1n) is 6.97. The monoisotopic (exact) mass is 289 g/mol. The molecule has 0 spiro atoms. The summed E-state index contributed by atoms with van der Waals surface area (Å²) in [5.74, 6) is -0.346. The average Bonchev–Trinajstić information content (AvgIpc) is 2.98. The number of hydrogen-bond donors (Lipinski definition) is 1. The molecule has 0 atom stereocenters. The van der Waals surface area contributed by atoms with E-state index in [1.54, 1.807) is 7.11 Å². The number of H-pyrrole nitrogens is 1. The predicted molar refractivity (Wildman–Crippen MR) is 80.4 cm³/mol. The Kier molecular flexibility index (Phi) is 3.81. The number of aromatic amines is 1. The molecule has 0 saturated carbocycles. The molecule has 1 N–H and O–H groups in total. The van der Waals surface area contributed by atoms with Crippen LogP contribution in [-0.2, 0) is 9.57 Å². The fraction of sp³-hybridized carbons (Fsp3) is 0.400. The largest absolute Gasteiger partial charge is 0.464 e. The third kappa shape index (κ3) is 2.59. The van der Waals surface area contributed by atoms with Crippen LogP contribution in [0.25, 0.3) is 10.9 Å². The van der Waals surface area contributed by atoms with Gasteiger partial charge in [0.2, 0.25) is 0 Å². The zero-order valence-electron chi connectivity index (χ0n) is 12.3. The Morgan fingerprint density at radius 3 is 2.62 bits per heavy atom. The van der Waals surface area contributed by atoms with Crippen molar-refractivity contribution in [2.45, 2.75) is 0 Å². The highest BCUT2D eigenvalue weighted by Crippen LogP contribution is 2.28. The molecule has 2 aromatic rings. The highest BCUT2D eigenvalue weighted by molar-refractivity contribution is 6.00. The molecule has 1 fully saturated rings. The Morgan fingerprint density at radius 2 is 1.95 bits per heavy atom. The lowest BCUT2D eigenvalue weighted by Gasteiger charge is -2.34. The minimum atomic E-state index is -0.346. The van der Waals surface area contributed by atoms with Gasteiger partial charge in [0.05, 0.1) is 14.2 Å². The quantitative estimate of drug-likeness (QED) is 0.871. The van der Waals surface area contributed by atoms with Gasteiger partial charge in [-0.05, 0) is 18.2 Å². The smallest absolute Gasteiger partial charge is 0.354 e. The number of esters is 1. The summed E-state index contributed by atoms with van der Waals surface area (Å²) in [6.45, 7) is 3.51. The van der Waals surface area contributed by atoms with Gasteiger partial charge in [0.1, 0.15) is 5.69 Å². The van der Waals surface area contributed by atoms with Crippen molar-refractivity contribution < 1.29 is 14.4 Å². The number of fused-ring (bicyclic) bond motifs is 1. The van der Waals surface area contributed by atoms with E-state index >= 15 is 0 Å². The van der Waals surface area contributed by atoms with Crippen LogP contribution in [0.3, 0.4) is 0 Å². The van der Waals surface area contributed by atoms with Gasteiger partial charge in [-0.25, -0.2) is 4.79 Å². The van der Waals surface area contributed by atoms with E-state index in [4.69, 9.17) is 9.57 Å². The number of benzene rings is 1. The number of ether oxygens (including phenoxy) is 1. The van der Waals surface area contributed by atoms with Crippen molar-refractivity contribution in [1.82, 2.24) is 10.0 Å². The Labute approximate surface area is 123 Å². The van der Waals surface area contributed by atoms with E-state index in [1.807, 2.05) is 23.3 Å². The zero-order valence-corrected chi connectivity index (χ0v) is 12.3. The van der Waals surface area contributed by atoms with Crippen molar-refractivity contribution >= 4 is 22.6 Å². The normalized spacial score (nSPS) is 16.4. The third-order valence-corrected chi connectivity index (χ3v) is 3.88. The van der Waals surface area contributed by atoms with Gasteiger partial charge in [0, 0.05) is 42.8 Å². The van der Waals surface area contributed by atoms with Crippen LogP contribution >= 0.6 is 0 Å². The lowest BCUT2D eigenvalue weighted by atomic mass is 10.1. The number of nitrogens with one attached hydrogen (secondary N) is 1. The van der Waals surface area contributed by atoms with E-state index in [0.29, 0.717) is 5.69 Å². The molecule has 1 aliphatic rings. The first-order valence-corrected chi connectivity index (χ1v) is 6.97. The van der Waals surface area contributed by atoms with Crippen molar-refractivity contribution in [2.24, 2.45) is 0 Å². The molecule has 0 unspecified atom stereocenters. The number of anilines is 1. The first-order chi connectivity index (χ1) is 10.2. The summed E-state index contributed by atoms with van der Waals surface area (Å²) in [6.07, 6.45) is 0. The van der Waals surface area contributed by atoms with Crippen LogP contribution in [0.4, 0.5) is 5.69 Å². The summed E-state index contributed by atoms with van der Waals surface area (Å²) >= 11 is 0. The summed E-state index contributed by atoms with van der Waals surface area (Å²) in [6, 6.07) is 7.91. The highest BCUT2D eigenvalue weighted by Gasteiger charge is 2.20. The standard InChI is InChI=1S/C15H19N3O3/c1-20-15(19)13-10-11-12(16-13)4-3-5-14(11)17-6-8-18(21-2)9-7-17/h3-5,10,16H,6-9H2,1-2H3. The summed E-state index contributed by atoms with van der Waals surface area (Å²) < 4.78 is 4.77. The van der Waals surface area contributed by atoms with Crippen LogP contribution in [0.2, 0.25) is 0 Å². The maximum Gasteiger partial charge on any atom is 0.354 e. The fourth-order valence-electron chi connectivity index (χ4n) is 2.75. The molecule has 0 radical (unpaired) electrons. The molecule has 0 aliphatic carbocycles. The average molecular weight is 289 g/mol. The minimum absolute atomic E-state index is 0.346. The van der Waals surface area contributed by atoms with Crippen LogP contribution in [0.5, 0.6) is 0 Å². The second-order valence-electron chi connectivity index (χ2n) is 5.01. The highest BCUT2D eigenvalue weighted by atomic mass is 16.7. The van der Waals surface area contributed by atoms with Gasteiger partial charge in [-0.2, -0.15) is 5.06 Å². The van der Waals surface area contributed by atoms with Gasteiger partial charge >= 0.3 is 5.97 Å². The molecule has 6 nitrogen and oxygen atoms in total. The van der Waals surface area contributed by atoms with E-state index in [0.717, 1.165) is 42.8 Å².